The summed E-state index contributed by atoms with van der Waals surface area (Å²) in [5.41, 5.74) is -0.308. The quantitative estimate of drug-likeness (QED) is 0.0685. The molecule has 17 heteroatoms. The molecule has 0 fully saturated rings. The average molecular weight is 812 g/mol. The molecule has 57 heavy (non-hydrogen) atoms. The number of hydrogen-bond acceptors (Lipinski definition) is 10. The largest absolute Gasteiger partial charge is 0.471 e. The van der Waals surface area contributed by atoms with Crippen LogP contribution < -0.4 is 20.7 Å². The summed E-state index contributed by atoms with van der Waals surface area (Å²) in [6, 6.07) is 15.5. The van der Waals surface area contributed by atoms with Crippen molar-refractivity contribution in [3.8, 4) is 17.6 Å². The van der Waals surface area contributed by atoms with Gasteiger partial charge in [0.15, 0.2) is 5.60 Å². The Labute approximate surface area is 330 Å². The minimum absolute atomic E-state index is 0.0244. The highest BCUT2D eigenvalue weighted by Gasteiger charge is 2.54. The Bertz CT molecular complexity index is 2030. The fraction of sp³-hybridized carbons (Fsp3) is 0.425. The van der Waals surface area contributed by atoms with E-state index in [1.54, 1.807) is 23.5 Å². The zero-order valence-corrected chi connectivity index (χ0v) is 33.1. The minimum atomic E-state index is -5.15. The van der Waals surface area contributed by atoms with Crippen molar-refractivity contribution in [2.24, 2.45) is 0 Å². The van der Waals surface area contributed by atoms with Crippen LogP contribution in [0.1, 0.15) is 104 Å². The van der Waals surface area contributed by atoms with Crippen LogP contribution in [0.5, 0.6) is 11.5 Å². The van der Waals surface area contributed by atoms with Crippen molar-refractivity contribution < 1.29 is 50.9 Å². The number of benzene rings is 3. The third-order valence-electron chi connectivity index (χ3n) is 9.12. The molecule has 2 aliphatic heterocycles. The van der Waals surface area contributed by atoms with Gasteiger partial charge < -0.3 is 34.5 Å². The number of alkyl halides is 3. The Balaban J connectivity index is 1.29. The lowest BCUT2D eigenvalue weighted by Crippen LogP contribution is -2.34. The van der Waals surface area contributed by atoms with Gasteiger partial charge in [-0.2, -0.15) is 18.4 Å². The van der Waals surface area contributed by atoms with Crippen molar-refractivity contribution in [2.75, 3.05) is 30.4 Å². The molecule has 2 aliphatic rings. The van der Waals surface area contributed by atoms with E-state index >= 15 is 0 Å². The number of halogens is 3. The van der Waals surface area contributed by atoms with Crippen molar-refractivity contribution in [2.45, 2.75) is 90.6 Å². The molecule has 5 rings (SSSR count). The number of carbonyl (C=O) groups excluding carboxylic acids is 4. The summed E-state index contributed by atoms with van der Waals surface area (Å²) in [6.07, 6.45) is -1.70. The molecule has 2 unspecified atom stereocenters. The van der Waals surface area contributed by atoms with Crippen LogP contribution in [0.2, 0.25) is 0 Å². The molecule has 0 radical (unpaired) electrons. The Morgan fingerprint density at radius 3 is 2.07 bits per heavy atom. The van der Waals surface area contributed by atoms with E-state index in [0.29, 0.717) is 43.0 Å². The third-order valence-corrected chi connectivity index (χ3v) is 11.2. The van der Waals surface area contributed by atoms with E-state index in [4.69, 9.17) is 23.8 Å². The molecule has 3 amide bonds. The standard InChI is InChI=1S/C40H45F3N5O8P/c1-24(2)48(25(3)4)57(54-20-10-17-44)53-19-9-7-6-8-18-45-36(50)27-11-14-30-33(21-27)39(56-37(30)51)31-15-12-28(46-26(5)49)22-34(31)55-35-23-29(13-16-32(35)39)47-38(52)40(41,42)43/h11-16,21-25H,6-10,18-20H2,1-5H3,(H,45,50)(H,46,49)(H,47,52). The van der Waals surface area contributed by atoms with Crippen LogP contribution in [0.4, 0.5) is 24.5 Å². The van der Waals surface area contributed by atoms with E-state index in [9.17, 15) is 32.3 Å². The molecule has 0 aromatic heterocycles. The fourth-order valence-electron chi connectivity index (χ4n) is 6.76. The Morgan fingerprint density at radius 1 is 0.860 bits per heavy atom. The van der Waals surface area contributed by atoms with E-state index in [2.05, 4.69) is 49.1 Å². The lowest BCUT2D eigenvalue weighted by Gasteiger charge is -2.37. The Kier molecular flexibility index (Phi) is 13.9. The van der Waals surface area contributed by atoms with E-state index in [1.807, 2.05) is 0 Å². The number of rotatable bonds is 17. The first kappa shape index (κ1) is 43.1. The monoisotopic (exact) mass is 811 g/mol. The number of anilines is 2. The van der Waals surface area contributed by atoms with Crippen molar-refractivity contribution in [3.05, 3.63) is 82.4 Å². The predicted molar refractivity (Wildman–Crippen MR) is 206 cm³/mol. The summed E-state index contributed by atoms with van der Waals surface area (Å²) >= 11 is 0. The molecule has 0 aliphatic carbocycles. The van der Waals surface area contributed by atoms with Gasteiger partial charge in [0, 0.05) is 71.3 Å². The second-order valence-corrected chi connectivity index (χ2v) is 15.5. The van der Waals surface area contributed by atoms with Crippen molar-refractivity contribution in [3.63, 3.8) is 0 Å². The van der Waals surface area contributed by atoms with Crippen LogP contribution in [0, 0.1) is 11.3 Å². The minimum Gasteiger partial charge on any atom is -0.456 e. The van der Waals surface area contributed by atoms with Crippen molar-refractivity contribution in [1.82, 2.24) is 9.99 Å². The van der Waals surface area contributed by atoms with Crippen LogP contribution in [-0.2, 0) is 29.0 Å². The molecule has 3 aromatic rings. The molecule has 0 bridgehead atoms. The summed E-state index contributed by atoms with van der Waals surface area (Å²) in [6.45, 7) is 10.8. The SMILES string of the molecule is CC(=O)Nc1ccc2c(c1)Oc1cc(NC(=O)C(F)(F)F)ccc1C21OC(=O)c2ccc(C(=O)NCCCCCCOP(OCCC#N)N(C(C)C)C(C)C)cc21. The maximum absolute atomic E-state index is 13.5. The van der Waals surface area contributed by atoms with Crippen LogP contribution in [0.25, 0.3) is 0 Å². The average Bonchev–Trinajstić information content (AvgIpc) is 3.42. The number of fused-ring (bicyclic) bond motifs is 6. The van der Waals surface area contributed by atoms with Crippen LogP contribution >= 0.6 is 8.53 Å². The number of ether oxygens (including phenoxy) is 2. The normalized spacial score (nSPS) is 16.0. The van der Waals surface area contributed by atoms with Gasteiger partial charge >= 0.3 is 18.1 Å². The van der Waals surface area contributed by atoms with Gasteiger partial charge in [0.05, 0.1) is 31.3 Å². The second-order valence-electron chi connectivity index (χ2n) is 14.0. The van der Waals surface area contributed by atoms with Gasteiger partial charge in [0.25, 0.3) is 14.4 Å². The number of esters is 1. The summed E-state index contributed by atoms with van der Waals surface area (Å²) < 4.78 is 65.7. The van der Waals surface area contributed by atoms with Gasteiger partial charge in [-0.05, 0) is 83.0 Å². The number of unbranched alkanes of at least 4 members (excludes halogenated alkanes) is 3. The van der Waals surface area contributed by atoms with Gasteiger partial charge in [-0.25, -0.2) is 9.46 Å². The maximum Gasteiger partial charge on any atom is 0.471 e. The topological polar surface area (TPSA) is 168 Å². The molecule has 304 valence electrons. The molecular weight excluding hydrogens is 766 g/mol. The van der Waals surface area contributed by atoms with Crippen LogP contribution in [-0.4, -0.2) is 66.4 Å². The molecule has 0 saturated carbocycles. The second kappa shape index (κ2) is 18.5. The maximum atomic E-state index is 13.5. The number of nitrogens with one attached hydrogen (secondary N) is 3. The van der Waals surface area contributed by atoms with Crippen molar-refractivity contribution in [1.29, 1.82) is 5.26 Å². The van der Waals surface area contributed by atoms with Crippen LogP contribution in [0.3, 0.4) is 0 Å². The van der Waals surface area contributed by atoms with E-state index < -0.39 is 38.1 Å². The first-order valence-electron chi connectivity index (χ1n) is 18.6. The van der Waals surface area contributed by atoms with Crippen LogP contribution in [0.15, 0.2) is 54.6 Å². The highest BCUT2D eigenvalue weighted by molar-refractivity contribution is 7.44. The summed E-state index contributed by atoms with van der Waals surface area (Å²) in [4.78, 5) is 50.5. The highest BCUT2D eigenvalue weighted by Crippen LogP contribution is 2.57. The third kappa shape index (κ3) is 9.91. The lowest BCUT2D eigenvalue weighted by molar-refractivity contribution is -0.167. The Hall–Kier alpha value is -5.07. The smallest absolute Gasteiger partial charge is 0.456 e. The Morgan fingerprint density at radius 2 is 1.47 bits per heavy atom. The van der Waals surface area contributed by atoms with Gasteiger partial charge in [-0.1, -0.05) is 12.8 Å². The summed E-state index contributed by atoms with van der Waals surface area (Å²) in [5.74, 6) is -3.56. The summed E-state index contributed by atoms with van der Waals surface area (Å²) in [7, 11) is -1.31. The molecular formula is C40H45F3N5O8P. The van der Waals surface area contributed by atoms with E-state index in [-0.39, 0.29) is 58.3 Å². The zero-order chi connectivity index (χ0) is 41.5. The van der Waals surface area contributed by atoms with E-state index in [1.165, 1.54) is 43.3 Å². The number of carbonyl (C=O) groups is 4. The molecule has 2 heterocycles. The van der Waals surface area contributed by atoms with Crippen molar-refractivity contribution >= 4 is 43.6 Å². The number of nitrogens with zero attached hydrogens (tertiary/aromatic N) is 2. The lowest BCUT2D eigenvalue weighted by atomic mass is 9.77. The first-order chi connectivity index (χ1) is 27.1. The number of nitriles is 1. The fourth-order valence-corrected chi connectivity index (χ4v) is 8.39. The molecule has 2 atom stereocenters. The van der Waals surface area contributed by atoms with Gasteiger partial charge in [-0.15, -0.1) is 0 Å². The molecule has 3 N–H and O–H groups in total. The molecule has 13 nitrogen and oxygen atoms in total. The van der Waals surface area contributed by atoms with Gasteiger partial charge in [-0.3, -0.25) is 14.4 Å². The molecule has 0 saturated heterocycles. The van der Waals surface area contributed by atoms with E-state index in [0.717, 1.165) is 19.3 Å². The summed E-state index contributed by atoms with van der Waals surface area (Å²) in [5, 5.41) is 16.3. The predicted octanol–water partition coefficient (Wildman–Crippen LogP) is 8.30. The zero-order valence-electron chi connectivity index (χ0n) is 32.2. The van der Waals surface area contributed by atoms with Gasteiger partial charge in [0.1, 0.15) is 11.5 Å². The van der Waals surface area contributed by atoms with Gasteiger partial charge in [0.2, 0.25) is 5.91 Å². The highest BCUT2D eigenvalue weighted by atomic mass is 31.2. The number of hydrogen-bond donors (Lipinski definition) is 3. The molecule has 3 aromatic carbocycles. The first-order valence-corrected chi connectivity index (χ1v) is 19.7. The molecule has 1 spiro atoms. The number of amides is 3.